The summed E-state index contributed by atoms with van der Waals surface area (Å²) in [5, 5.41) is 0.301. The normalized spacial score (nSPS) is 10.5. The minimum atomic E-state index is -2.90. The molecule has 0 atom stereocenters. The fourth-order valence-corrected chi connectivity index (χ4v) is 1.51. The average molecular weight is 257 g/mol. The maximum Gasteiger partial charge on any atom is 0.387 e. The lowest BCUT2D eigenvalue weighted by atomic mass is 10.2. The van der Waals surface area contributed by atoms with Crippen LogP contribution < -0.4 is 9.47 Å². The molecule has 0 aliphatic rings. The first-order valence-electron chi connectivity index (χ1n) is 3.95. The smallest absolute Gasteiger partial charge is 0.387 e. The molecule has 15 heavy (non-hydrogen) atoms. The molecular weight excluding hydrogens is 249 g/mol. The van der Waals surface area contributed by atoms with Crippen molar-refractivity contribution in [2.75, 3.05) is 7.11 Å². The van der Waals surface area contributed by atoms with E-state index in [0.29, 0.717) is 10.6 Å². The highest BCUT2D eigenvalue weighted by molar-refractivity contribution is 6.32. The van der Waals surface area contributed by atoms with Crippen LogP contribution in [0.4, 0.5) is 8.78 Å². The Bertz CT molecular complexity index is 345. The van der Waals surface area contributed by atoms with Gasteiger partial charge in [-0.05, 0) is 6.07 Å². The fraction of sp³-hybridized carbons (Fsp3) is 0.333. The number of methoxy groups -OCH3 is 1. The topological polar surface area (TPSA) is 18.5 Å². The zero-order valence-corrected chi connectivity index (χ0v) is 9.28. The van der Waals surface area contributed by atoms with Crippen LogP contribution in [0, 0.1) is 0 Å². The number of halogens is 4. The van der Waals surface area contributed by atoms with E-state index in [9.17, 15) is 8.78 Å². The Kier molecular flexibility index (Phi) is 4.42. The highest BCUT2D eigenvalue weighted by Crippen LogP contribution is 2.34. The summed E-state index contributed by atoms with van der Waals surface area (Å²) in [6.45, 7) is -2.90. The van der Waals surface area contributed by atoms with E-state index in [1.165, 1.54) is 19.2 Å². The van der Waals surface area contributed by atoms with Gasteiger partial charge >= 0.3 is 6.61 Å². The zero-order chi connectivity index (χ0) is 11.4. The summed E-state index contributed by atoms with van der Waals surface area (Å²) in [6, 6.07) is 2.72. The molecule has 0 fully saturated rings. The van der Waals surface area contributed by atoms with Crippen molar-refractivity contribution < 1.29 is 18.3 Å². The maximum absolute atomic E-state index is 12.0. The van der Waals surface area contributed by atoms with Crippen LogP contribution in [0.5, 0.6) is 11.5 Å². The summed E-state index contributed by atoms with van der Waals surface area (Å²) in [7, 11) is 1.38. The number of rotatable bonds is 4. The first-order chi connectivity index (χ1) is 7.08. The van der Waals surface area contributed by atoms with Crippen molar-refractivity contribution in [2.45, 2.75) is 12.5 Å². The molecule has 0 spiro atoms. The van der Waals surface area contributed by atoms with Crippen molar-refractivity contribution in [3.05, 3.63) is 22.7 Å². The van der Waals surface area contributed by atoms with Gasteiger partial charge in [0.2, 0.25) is 0 Å². The van der Waals surface area contributed by atoms with E-state index in [-0.39, 0.29) is 17.4 Å². The Labute approximate surface area is 95.7 Å². The quantitative estimate of drug-likeness (QED) is 0.766. The summed E-state index contributed by atoms with van der Waals surface area (Å²) in [6.07, 6.45) is 0. The predicted octanol–water partition coefficient (Wildman–Crippen LogP) is 3.69. The molecule has 0 amide bonds. The first kappa shape index (κ1) is 12.3. The molecule has 0 radical (unpaired) electrons. The number of ether oxygens (including phenoxy) is 2. The van der Waals surface area contributed by atoms with Gasteiger partial charge in [-0.1, -0.05) is 11.6 Å². The van der Waals surface area contributed by atoms with Gasteiger partial charge in [-0.3, -0.25) is 0 Å². The van der Waals surface area contributed by atoms with E-state index < -0.39 is 6.61 Å². The van der Waals surface area contributed by atoms with Crippen molar-refractivity contribution >= 4 is 23.2 Å². The zero-order valence-electron chi connectivity index (χ0n) is 7.77. The largest absolute Gasteiger partial charge is 0.495 e. The third kappa shape index (κ3) is 3.11. The molecular formula is C9H8Cl2F2O2. The lowest BCUT2D eigenvalue weighted by Gasteiger charge is -2.11. The number of hydrogen-bond acceptors (Lipinski definition) is 2. The maximum atomic E-state index is 12.0. The van der Waals surface area contributed by atoms with Gasteiger partial charge in [-0.15, -0.1) is 11.6 Å². The molecule has 0 aliphatic carbocycles. The summed E-state index contributed by atoms with van der Waals surface area (Å²) in [5.41, 5.74) is 0.391. The van der Waals surface area contributed by atoms with E-state index >= 15 is 0 Å². The minimum absolute atomic E-state index is 0.0266. The van der Waals surface area contributed by atoms with Crippen LogP contribution in [0.25, 0.3) is 0 Å². The van der Waals surface area contributed by atoms with Crippen molar-refractivity contribution in [3.63, 3.8) is 0 Å². The van der Waals surface area contributed by atoms with Gasteiger partial charge in [-0.25, -0.2) is 0 Å². The van der Waals surface area contributed by atoms with Gasteiger partial charge in [0.05, 0.1) is 18.0 Å². The Morgan fingerprint density at radius 2 is 2.00 bits per heavy atom. The van der Waals surface area contributed by atoms with Gasteiger partial charge < -0.3 is 9.47 Å². The van der Waals surface area contributed by atoms with Crippen LogP contribution >= 0.6 is 23.2 Å². The highest BCUT2D eigenvalue weighted by atomic mass is 35.5. The van der Waals surface area contributed by atoms with Crippen LogP contribution in [0.1, 0.15) is 5.56 Å². The number of benzene rings is 1. The number of hydrogen-bond donors (Lipinski definition) is 0. The molecule has 0 unspecified atom stereocenters. The molecule has 2 nitrogen and oxygen atoms in total. The van der Waals surface area contributed by atoms with E-state index in [1.807, 2.05) is 0 Å². The van der Waals surface area contributed by atoms with E-state index in [2.05, 4.69) is 4.74 Å². The Hall–Kier alpha value is -0.740. The summed E-state index contributed by atoms with van der Waals surface area (Å²) >= 11 is 11.3. The Morgan fingerprint density at radius 1 is 1.33 bits per heavy atom. The van der Waals surface area contributed by atoms with Crippen molar-refractivity contribution in [1.29, 1.82) is 0 Å². The fourth-order valence-electron chi connectivity index (χ4n) is 1.04. The van der Waals surface area contributed by atoms with Crippen LogP contribution in [0.3, 0.4) is 0 Å². The highest BCUT2D eigenvalue weighted by Gasteiger charge is 2.13. The Morgan fingerprint density at radius 3 is 2.47 bits per heavy atom. The van der Waals surface area contributed by atoms with Crippen molar-refractivity contribution in [2.24, 2.45) is 0 Å². The molecule has 0 saturated heterocycles. The Balaban J connectivity index is 3.10. The molecule has 6 heteroatoms. The third-order valence-electron chi connectivity index (χ3n) is 1.69. The molecule has 1 aromatic rings. The number of alkyl halides is 3. The summed E-state index contributed by atoms with van der Waals surface area (Å²) in [4.78, 5) is 0. The monoisotopic (exact) mass is 256 g/mol. The van der Waals surface area contributed by atoms with Crippen LogP contribution in [-0.2, 0) is 5.88 Å². The molecule has 1 aromatic carbocycles. The molecule has 0 saturated carbocycles. The van der Waals surface area contributed by atoms with Crippen molar-refractivity contribution in [3.8, 4) is 11.5 Å². The SMILES string of the molecule is COc1cc(OC(F)F)c(CCl)cc1Cl. The van der Waals surface area contributed by atoms with E-state index in [0.717, 1.165) is 0 Å². The lowest BCUT2D eigenvalue weighted by molar-refractivity contribution is -0.0504. The van der Waals surface area contributed by atoms with E-state index in [4.69, 9.17) is 27.9 Å². The van der Waals surface area contributed by atoms with Gasteiger partial charge in [-0.2, -0.15) is 8.78 Å². The second-order valence-electron chi connectivity index (χ2n) is 2.61. The molecule has 0 aromatic heterocycles. The molecule has 0 aliphatic heterocycles. The van der Waals surface area contributed by atoms with Crippen LogP contribution in [0.2, 0.25) is 5.02 Å². The average Bonchev–Trinajstić information content (AvgIpc) is 2.19. The predicted molar refractivity (Wildman–Crippen MR) is 54.2 cm³/mol. The second kappa shape index (κ2) is 5.37. The molecule has 0 bridgehead atoms. The van der Waals surface area contributed by atoms with E-state index in [1.54, 1.807) is 0 Å². The molecule has 84 valence electrons. The summed E-state index contributed by atoms with van der Waals surface area (Å²) < 4.78 is 33.2. The molecule has 1 rings (SSSR count). The van der Waals surface area contributed by atoms with Crippen LogP contribution in [0.15, 0.2) is 12.1 Å². The van der Waals surface area contributed by atoms with Gasteiger partial charge in [0.1, 0.15) is 11.5 Å². The molecule has 0 N–H and O–H groups in total. The standard InChI is InChI=1S/C9H8Cl2F2O2/c1-14-8-3-7(15-9(12)13)5(4-10)2-6(8)11/h2-3,9H,4H2,1H3. The van der Waals surface area contributed by atoms with Crippen LogP contribution in [-0.4, -0.2) is 13.7 Å². The summed E-state index contributed by atoms with van der Waals surface area (Å²) in [5.74, 6) is 0.272. The molecule has 0 heterocycles. The van der Waals surface area contributed by atoms with Gasteiger partial charge in [0.25, 0.3) is 0 Å². The third-order valence-corrected chi connectivity index (χ3v) is 2.28. The van der Waals surface area contributed by atoms with Gasteiger partial charge in [0.15, 0.2) is 0 Å². The minimum Gasteiger partial charge on any atom is -0.495 e. The lowest BCUT2D eigenvalue weighted by Crippen LogP contribution is -2.04. The van der Waals surface area contributed by atoms with Crippen molar-refractivity contribution in [1.82, 2.24) is 0 Å². The van der Waals surface area contributed by atoms with Gasteiger partial charge in [0, 0.05) is 11.6 Å². The second-order valence-corrected chi connectivity index (χ2v) is 3.28. The first-order valence-corrected chi connectivity index (χ1v) is 4.87.